The summed E-state index contributed by atoms with van der Waals surface area (Å²) in [6.07, 6.45) is 0. The normalized spacial score (nSPS) is 18.1. The first-order valence-corrected chi connectivity index (χ1v) is 5.55. The Morgan fingerprint density at radius 2 is 2.36 bits per heavy atom. The van der Waals surface area contributed by atoms with E-state index in [9.17, 15) is 4.79 Å². The summed E-state index contributed by atoms with van der Waals surface area (Å²) in [5, 5.41) is 0. The number of carbonyl (C=O) groups is 1. The first kappa shape index (κ1) is 9.96. The van der Waals surface area contributed by atoms with Gasteiger partial charge in [0, 0.05) is 18.5 Å². The Morgan fingerprint density at radius 1 is 1.57 bits per heavy atom. The van der Waals surface area contributed by atoms with Crippen LogP contribution in [0, 0.1) is 0 Å². The van der Waals surface area contributed by atoms with E-state index < -0.39 is 0 Å². The molecule has 0 atom stereocenters. The van der Waals surface area contributed by atoms with E-state index in [0.717, 1.165) is 10.9 Å². The molecular formula is C9H11ClN2OS. The molecule has 0 saturated carbocycles. The largest absolute Gasteiger partial charge is 0.332 e. The standard InChI is InChI=1S/C9H11ClN2OS/c1-11-6-12(5-9(11)13)4-7-2-3-8(10)14-7/h2-3H,4-6H2,1H3. The van der Waals surface area contributed by atoms with Crippen LogP contribution in [0.1, 0.15) is 4.88 Å². The number of thiophene rings is 1. The van der Waals surface area contributed by atoms with Gasteiger partial charge in [0.25, 0.3) is 0 Å². The topological polar surface area (TPSA) is 23.6 Å². The van der Waals surface area contributed by atoms with Crippen molar-refractivity contribution in [3.05, 3.63) is 21.3 Å². The molecule has 3 nitrogen and oxygen atoms in total. The molecule has 1 saturated heterocycles. The summed E-state index contributed by atoms with van der Waals surface area (Å²) in [5.74, 6) is 0.188. The van der Waals surface area contributed by atoms with Gasteiger partial charge in [-0.25, -0.2) is 0 Å². The molecule has 1 fully saturated rings. The lowest BCUT2D eigenvalue weighted by molar-refractivity contribution is -0.125. The highest BCUT2D eigenvalue weighted by Crippen LogP contribution is 2.23. The zero-order valence-corrected chi connectivity index (χ0v) is 9.44. The Bertz CT molecular complexity index is 352. The van der Waals surface area contributed by atoms with Crippen LogP contribution in [-0.4, -0.2) is 36.0 Å². The molecule has 76 valence electrons. The lowest BCUT2D eigenvalue weighted by atomic mass is 10.4. The third-order valence-corrected chi connectivity index (χ3v) is 3.42. The molecule has 0 aliphatic carbocycles. The van der Waals surface area contributed by atoms with Crippen molar-refractivity contribution in [1.82, 2.24) is 9.80 Å². The number of likely N-dealkylation sites (N-methyl/N-ethyl adjacent to an activating group) is 1. The van der Waals surface area contributed by atoms with Crippen LogP contribution in [-0.2, 0) is 11.3 Å². The first-order chi connectivity index (χ1) is 6.65. The predicted molar refractivity (Wildman–Crippen MR) is 57.4 cm³/mol. The van der Waals surface area contributed by atoms with Gasteiger partial charge in [0.05, 0.1) is 17.5 Å². The van der Waals surface area contributed by atoms with Crippen LogP contribution < -0.4 is 0 Å². The number of hydrogen-bond donors (Lipinski definition) is 0. The van der Waals surface area contributed by atoms with Crippen molar-refractivity contribution < 1.29 is 4.79 Å². The molecular weight excluding hydrogens is 220 g/mol. The van der Waals surface area contributed by atoms with E-state index in [4.69, 9.17) is 11.6 Å². The molecule has 1 aliphatic heterocycles. The summed E-state index contributed by atoms with van der Waals surface area (Å²) in [7, 11) is 1.82. The van der Waals surface area contributed by atoms with Gasteiger partial charge in [0.1, 0.15) is 0 Å². The van der Waals surface area contributed by atoms with Gasteiger partial charge in [0.2, 0.25) is 5.91 Å². The average Bonchev–Trinajstić information content (AvgIpc) is 2.62. The van der Waals surface area contributed by atoms with Gasteiger partial charge in [-0.1, -0.05) is 11.6 Å². The maximum absolute atomic E-state index is 11.2. The van der Waals surface area contributed by atoms with Crippen LogP contribution in [0.4, 0.5) is 0 Å². The number of amides is 1. The molecule has 2 heterocycles. The van der Waals surface area contributed by atoms with Crippen molar-refractivity contribution in [2.75, 3.05) is 20.3 Å². The van der Waals surface area contributed by atoms with Gasteiger partial charge in [-0.05, 0) is 12.1 Å². The molecule has 0 aromatic carbocycles. The smallest absolute Gasteiger partial charge is 0.237 e. The van der Waals surface area contributed by atoms with Crippen molar-refractivity contribution in [3.63, 3.8) is 0 Å². The average molecular weight is 231 g/mol. The minimum absolute atomic E-state index is 0.188. The molecule has 14 heavy (non-hydrogen) atoms. The maximum Gasteiger partial charge on any atom is 0.237 e. The van der Waals surface area contributed by atoms with Crippen molar-refractivity contribution in [1.29, 1.82) is 0 Å². The van der Waals surface area contributed by atoms with E-state index in [-0.39, 0.29) is 5.91 Å². The van der Waals surface area contributed by atoms with Gasteiger partial charge in [-0.2, -0.15) is 0 Å². The lowest BCUT2D eigenvalue weighted by Crippen LogP contribution is -2.22. The Morgan fingerprint density at radius 3 is 2.86 bits per heavy atom. The Balaban J connectivity index is 1.96. The fourth-order valence-corrected chi connectivity index (χ4v) is 2.63. The molecule has 0 radical (unpaired) electrons. The summed E-state index contributed by atoms with van der Waals surface area (Å²) in [6, 6.07) is 3.90. The van der Waals surface area contributed by atoms with Crippen LogP contribution in [0.3, 0.4) is 0 Å². The Labute approximate surface area is 91.9 Å². The fraction of sp³-hybridized carbons (Fsp3) is 0.444. The molecule has 2 rings (SSSR count). The molecule has 1 aromatic rings. The van der Waals surface area contributed by atoms with Crippen molar-refractivity contribution in [2.45, 2.75) is 6.54 Å². The third kappa shape index (κ3) is 2.08. The Kier molecular flexibility index (Phi) is 2.76. The SMILES string of the molecule is CN1CN(Cc2ccc(Cl)s2)CC1=O. The van der Waals surface area contributed by atoms with E-state index in [2.05, 4.69) is 4.90 Å². The lowest BCUT2D eigenvalue weighted by Gasteiger charge is -2.12. The van der Waals surface area contributed by atoms with E-state index >= 15 is 0 Å². The second-order valence-electron chi connectivity index (χ2n) is 3.43. The summed E-state index contributed by atoms with van der Waals surface area (Å²) < 4.78 is 0.805. The van der Waals surface area contributed by atoms with Gasteiger partial charge in [0.15, 0.2) is 0 Å². The van der Waals surface area contributed by atoms with Crippen molar-refractivity contribution in [2.24, 2.45) is 0 Å². The van der Waals surface area contributed by atoms with Crippen LogP contribution >= 0.6 is 22.9 Å². The second kappa shape index (κ2) is 3.88. The van der Waals surface area contributed by atoms with Gasteiger partial charge < -0.3 is 4.90 Å². The number of carbonyl (C=O) groups excluding carboxylic acids is 1. The molecule has 1 amide bonds. The van der Waals surface area contributed by atoms with Crippen LogP contribution in [0.15, 0.2) is 12.1 Å². The van der Waals surface area contributed by atoms with E-state index in [1.54, 1.807) is 16.2 Å². The minimum Gasteiger partial charge on any atom is -0.332 e. The summed E-state index contributed by atoms with van der Waals surface area (Å²) in [5.41, 5.74) is 0. The highest BCUT2D eigenvalue weighted by atomic mass is 35.5. The van der Waals surface area contributed by atoms with E-state index in [1.807, 2.05) is 19.2 Å². The molecule has 5 heteroatoms. The minimum atomic E-state index is 0.188. The fourth-order valence-electron chi connectivity index (χ4n) is 1.50. The number of rotatable bonds is 2. The quantitative estimate of drug-likeness (QED) is 0.771. The second-order valence-corrected chi connectivity index (χ2v) is 5.23. The molecule has 0 N–H and O–H groups in total. The number of halogens is 1. The molecule has 0 bridgehead atoms. The Hall–Kier alpha value is -0.580. The third-order valence-electron chi connectivity index (χ3n) is 2.21. The van der Waals surface area contributed by atoms with Crippen LogP contribution in [0.25, 0.3) is 0 Å². The predicted octanol–water partition coefficient (Wildman–Crippen LogP) is 1.63. The monoisotopic (exact) mass is 230 g/mol. The van der Waals surface area contributed by atoms with Gasteiger partial charge >= 0.3 is 0 Å². The zero-order valence-electron chi connectivity index (χ0n) is 7.86. The van der Waals surface area contributed by atoms with Crippen LogP contribution in [0.2, 0.25) is 4.34 Å². The number of nitrogens with zero attached hydrogens (tertiary/aromatic N) is 2. The summed E-state index contributed by atoms with van der Waals surface area (Å²) >= 11 is 7.40. The van der Waals surface area contributed by atoms with E-state index in [0.29, 0.717) is 13.2 Å². The van der Waals surface area contributed by atoms with Gasteiger partial charge in [-0.15, -0.1) is 11.3 Å². The highest BCUT2D eigenvalue weighted by molar-refractivity contribution is 7.16. The van der Waals surface area contributed by atoms with Crippen molar-refractivity contribution in [3.8, 4) is 0 Å². The zero-order chi connectivity index (χ0) is 10.1. The highest BCUT2D eigenvalue weighted by Gasteiger charge is 2.24. The summed E-state index contributed by atoms with van der Waals surface area (Å²) in [6.45, 7) is 2.05. The van der Waals surface area contributed by atoms with Crippen molar-refractivity contribution >= 4 is 28.8 Å². The molecule has 0 spiro atoms. The molecule has 1 aliphatic rings. The number of hydrogen-bond acceptors (Lipinski definition) is 3. The molecule has 1 aromatic heterocycles. The van der Waals surface area contributed by atoms with Crippen LogP contribution in [0.5, 0.6) is 0 Å². The molecule has 0 unspecified atom stereocenters. The first-order valence-electron chi connectivity index (χ1n) is 4.35. The van der Waals surface area contributed by atoms with E-state index in [1.165, 1.54) is 4.88 Å². The summed E-state index contributed by atoms with van der Waals surface area (Å²) in [4.78, 5) is 16.3. The maximum atomic E-state index is 11.2. The van der Waals surface area contributed by atoms with Gasteiger partial charge in [-0.3, -0.25) is 9.69 Å².